The molecule has 0 radical (unpaired) electrons. The number of hydrogen-bond acceptors (Lipinski definition) is 1. The molecule has 0 atom stereocenters. The fourth-order valence-electron chi connectivity index (χ4n) is 1.36. The van der Waals surface area contributed by atoms with Crippen LogP contribution in [-0.2, 0) is 6.54 Å². The van der Waals surface area contributed by atoms with Crippen LogP contribution in [0.4, 0.5) is 0 Å². The fourth-order valence-corrected chi connectivity index (χ4v) is 1.62. The smallest absolute Gasteiger partial charge is 0.0952 e. The molecule has 0 saturated heterocycles. The van der Waals surface area contributed by atoms with Gasteiger partial charge in [0.2, 0.25) is 0 Å². The second-order valence-corrected chi connectivity index (χ2v) is 4.23. The Bertz CT molecular complexity index is 417. The van der Waals surface area contributed by atoms with E-state index in [1.807, 2.05) is 19.4 Å². The highest BCUT2D eigenvalue weighted by Gasteiger charge is 1.95. The van der Waals surface area contributed by atoms with Crippen molar-refractivity contribution in [1.82, 2.24) is 9.55 Å². The Balaban J connectivity index is 2.15. The van der Waals surface area contributed by atoms with E-state index in [-0.39, 0.29) is 0 Å². The molecule has 3 heteroatoms. The highest BCUT2D eigenvalue weighted by molar-refractivity contribution is 9.10. The second-order valence-electron chi connectivity index (χ2n) is 3.31. The molecule has 72 valence electrons. The Morgan fingerprint density at radius 3 is 2.57 bits per heavy atom. The average molecular weight is 251 g/mol. The highest BCUT2D eigenvalue weighted by Crippen LogP contribution is 2.11. The van der Waals surface area contributed by atoms with Crippen LogP contribution in [0, 0.1) is 6.92 Å². The molecule has 2 aromatic rings. The molecule has 0 aliphatic carbocycles. The van der Waals surface area contributed by atoms with Crippen LogP contribution in [0.3, 0.4) is 0 Å². The van der Waals surface area contributed by atoms with Crippen molar-refractivity contribution >= 4 is 15.9 Å². The summed E-state index contributed by atoms with van der Waals surface area (Å²) in [7, 11) is 0. The molecule has 0 aliphatic heterocycles. The van der Waals surface area contributed by atoms with E-state index in [0.29, 0.717) is 0 Å². The van der Waals surface area contributed by atoms with Crippen LogP contribution in [0.25, 0.3) is 0 Å². The molecular weight excluding hydrogens is 240 g/mol. The number of halogens is 1. The van der Waals surface area contributed by atoms with E-state index in [4.69, 9.17) is 0 Å². The zero-order chi connectivity index (χ0) is 9.97. The maximum Gasteiger partial charge on any atom is 0.0952 e. The third-order valence-corrected chi connectivity index (χ3v) is 2.57. The Morgan fingerprint density at radius 2 is 2.00 bits per heavy atom. The molecule has 1 heterocycles. The van der Waals surface area contributed by atoms with Crippen LogP contribution in [0.5, 0.6) is 0 Å². The maximum atomic E-state index is 4.18. The minimum Gasteiger partial charge on any atom is -0.333 e. The van der Waals surface area contributed by atoms with Gasteiger partial charge in [-0.15, -0.1) is 0 Å². The molecule has 2 rings (SSSR count). The Labute approximate surface area is 91.7 Å². The summed E-state index contributed by atoms with van der Waals surface area (Å²) in [6, 6.07) is 8.33. The molecule has 0 N–H and O–H groups in total. The molecule has 2 nitrogen and oxygen atoms in total. The Hall–Kier alpha value is -1.09. The van der Waals surface area contributed by atoms with E-state index in [1.54, 1.807) is 0 Å². The number of hydrogen-bond donors (Lipinski definition) is 0. The largest absolute Gasteiger partial charge is 0.333 e. The minimum absolute atomic E-state index is 0.883. The van der Waals surface area contributed by atoms with E-state index in [0.717, 1.165) is 16.7 Å². The first-order valence-electron chi connectivity index (χ1n) is 4.47. The topological polar surface area (TPSA) is 17.8 Å². The van der Waals surface area contributed by atoms with Gasteiger partial charge in [-0.2, -0.15) is 0 Å². The summed E-state index contributed by atoms with van der Waals surface area (Å²) in [6.07, 6.45) is 3.90. The van der Waals surface area contributed by atoms with Crippen molar-refractivity contribution in [2.24, 2.45) is 0 Å². The number of imidazole rings is 1. The summed E-state index contributed by atoms with van der Waals surface area (Å²) in [4.78, 5) is 4.18. The van der Waals surface area contributed by atoms with Crippen molar-refractivity contribution < 1.29 is 0 Å². The van der Waals surface area contributed by atoms with E-state index >= 15 is 0 Å². The van der Waals surface area contributed by atoms with Crippen LogP contribution in [0.15, 0.2) is 41.3 Å². The van der Waals surface area contributed by atoms with Crippen molar-refractivity contribution in [2.45, 2.75) is 13.5 Å². The number of aryl methyl sites for hydroxylation is 1. The first-order chi connectivity index (χ1) is 6.74. The fraction of sp³-hybridized carbons (Fsp3) is 0.182. The molecule has 0 unspecified atom stereocenters. The average Bonchev–Trinajstić information content (AvgIpc) is 2.56. The second kappa shape index (κ2) is 3.96. The number of rotatable bonds is 2. The normalized spacial score (nSPS) is 10.4. The van der Waals surface area contributed by atoms with Gasteiger partial charge in [0.1, 0.15) is 0 Å². The third-order valence-electron chi connectivity index (χ3n) is 2.04. The van der Waals surface area contributed by atoms with Crippen LogP contribution < -0.4 is 0 Å². The minimum atomic E-state index is 0.883. The van der Waals surface area contributed by atoms with Gasteiger partial charge < -0.3 is 4.57 Å². The van der Waals surface area contributed by atoms with Gasteiger partial charge >= 0.3 is 0 Å². The number of benzene rings is 1. The first-order valence-corrected chi connectivity index (χ1v) is 5.26. The van der Waals surface area contributed by atoms with E-state index < -0.39 is 0 Å². The van der Waals surface area contributed by atoms with Crippen LogP contribution in [0.1, 0.15) is 11.3 Å². The van der Waals surface area contributed by atoms with Crippen molar-refractivity contribution in [3.05, 3.63) is 52.5 Å². The zero-order valence-electron chi connectivity index (χ0n) is 7.94. The SMILES string of the molecule is Cc1cn(Cc2ccc(Br)cc2)cn1. The Kier molecular flexibility index (Phi) is 2.68. The van der Waals surface area contributed by atoms with Gasteiger partial charge in [-0.25, -0.2) is 4.98 Å². The van der Waals surface area contributed by atoms with Gasteiger partial charge in [-0.05, 0) is 24.6 Å². The number of nitrogens with zero attached hydrogens (tertiary/aromatic N) is 2. The van der Waals surface area contributed by atoms with Gasteiger partial charge in [0.25, 0.3) is 0 Å². The lowest BCUT2D eigenvalue weighted by Crippen LogP contribution is -1.95. The summed E-state index contributed by atoms with van der Waals surface area (Å²) < 4.78 is 3.20. The molecule has 1 aromatic heterocycles. The highest BCUT2D eigenvalue weighted by atomic mass is 79.9. The lowest BCUT2D eigenvalue weighted by atomic mass is 10.2. The molecule has 0 fully saturated rings. The zero-order valence-corrected chi connectivity index (χ0v) is 9.53. The molecule has 0 aliphatic rings. The molecule has 1 aromatic carbocycles. The number of aromatic nitrogens is 2. The van der Waals surface area contributed by atoms with Crippen molar-refractivity contribution in [2.75, 3.05) is 0 Å². The molecule has 0 bridgehead atoms. The third kappa shape index (κ3) is 2.23. The monoisotopic (exact) mass is 250 g/mol. The predicted octanol–water partition coefficient (Wildman–Crippen LogP) is 3.00. The lowest BCUT2D eigenvalue weighted by Gasteiger charge is -2.01. The van der Waals surface area contributed by atoms with Gasteiger partial charge in [0.15, 0.2) is 0 Å². The molecule has 14 heavy (non-hydrogen) atoms. The van der Waals surface area contributed by atoms with Crippen molar-refractivity contribution in [3.8, 4) is 0 Å². The summed E-state index contributed by atoms with van der Waals surface area (Å²) in [5, 5.41) is 0. The van der Waals surface area contributed by atoms with E-state index in [1.165, 1.54) is 5.56 Å². The molecule has 0 spiro atoms. The van der Waals surface area contributed by atoms with Gasteiger partial charge in [-0.1, -0.05) is 28.1 Å². The molecule has 0 amide bonds. The van der Waals surface area contributed by atoms with E-state index in [2.05, 4.69) is 49.7 Å². The maximum absolute atomic E-state index is 4.18. The van der Waals surface area contributed by atoms with Crippen molar-refractivity contribution in [1.29, 1.82) is 0 Å². The van der Waals surface area contributed by atoms with Crippen LogP contribution in [-0.4, -0.2) is 9.55 Å². The van der Waals surface area contributed by atoms with Crippen molar-refractivity contribution in [3.63, 3.8) is 0 Å². The summed E-state index contributed by atoms with van der Waals surface area (Å²) >= 11 is 3.42. The quantitative estimate of drug-likeness (QED) is 0.802. The summed E-state index contributed by atoms with van der Waals surface area (Å²) in [6.45, 7) is 2.88. The van der Waals surface area contributed by atoms with E-state index in [9.17, 15) is 0 Å². The van der Waals surface area contributed by atoms with Gasteiger partial charge in [0.05, 0.1) is 12.0 Å². The first kappa shape index (κ1) is 9.46. The van der Waals surface area contributed by atoms with Crippen LogP contribution in [0.2, 0.25) is 0 Å². The summed E-state index contributed by atoms with van der Waals surface area (Å²) in [5.41, 5.74) is 2.34. The Morgan fingerprint density at radius 1 is 1.29 bits per heavy atom. The molecule has 0 saturated carbocycles. The summed E-state index contributed by atoms with van der Waals surface area (Å²) in [5.74, 6) is 0. The standard InChI is InChI=1S/C11H11BrN2/c1-9-6-14(8-13-9)7-10-2-4-11(12)5-3-10/h2-6,8H,7H2,1H3. The van der Waals surface area contributed by atoms with Crippen LogP contribution >= 0.6 is 15.9 Å². The predicted molar refractivity (Wildman–Crippen MR) is 60.2 cm³/mol. The van der Waals surface area contributed by atoms with Gasteiger partial charge in [0, 0.05) is 17.2 Å². The molecular formula is C11H11BrN2. The lowest BCUT2D eigenvalue weighted by molar-refractivity contribution is 0.797. The van der Waals surface area contributed by atoms with Gasteiger partial charge in [-0.3, -0.25) is 0 Å².